The van der Waals surface area contributed by atoms with Crippen molar-refractivity contribution in [1.82, 2.24) is 0 Å². The van der Waals surface area contributed by atoms with Crippen molar-refractivity contribution >= 4 is 0 Å². The summed E-state index contributed by atoms with van der Waals surface area (Å²) in [7, 11) is 1.31. The van der Waals surface area contributed by atoms with Gasteiger partial charge in [0.05, 0.1) is 7.11 Å². The minimum Gasteiger partial charge on any atom is -0.497 e. The molecule has 0 saturated carbocycles. The van der Waals surface area contributed by atoms with Gasteiger partial charge in [-0.15, -0.1) is 0 Å². The highest BCUT2D eigenvalue weighted by molar-refractivity contribution is 5.33. The van der Waals surface area contributed by atoms with Gasteiger partial charge in [0.25, 0.3) is 0 Å². The first kappa shape index (κ1) is 9.70. The molecule has 0 atom stereocenters. The molecule has 1 aromatic rings. The van der Waals surface area contributed by atoms with Gasteiger partial charge in [-0.3, -0.25) is 0 Å². The lowest BCUT2D eigenvalue weighted by Crippen LogP contribution is -2.02. The van der Waals surface area contributed by atoms with Crippen molar-refractivity contribution in [2.24, 2.45) is 0 Å². The second-order valence-electron chi connectivity index (χ2n) is 2.21. The van der Waals surface area contributed by atoms with Crippen LogP contribution >= 0.6 is 0 Å². The molecule has 0 bridgehead atoms. The van der Waals surface area contributed by atoms with E-state index < -0.39 is 12.4 Å². The number of alkyl halides is 2. The summed E-state index contributed by atoms with van der Waals surface area (Å²) < 4.78 is 44.7. The predicted octanol–water partition coefficient (Wildman–Crippen LogP) is 2.44. The van der Waals surface area contributed by atoms with Crippen LogP contribution in [-0.4, -0.2) is 13.7 Å². The fourth-order valence-electron chi connectivity index (χ4n) is 0.826. The van der Waals surface area contributed by atoms with Crippen LogP contribution in [0.4, 0.5) is 13.2 Å². The fraction of sp³-hybridized carbons (Fsp3) is 0.250. The van der Waals surface area contributed by atoms with Gasteiger partial charge < -0.3 is 9.47 Å². The molecule has 1 rings (SSSR count). The second-order valence-corrected chi connectivity index (χ2v) is 2.21. The van der Waals surface area contributed by atoms with Gasteiger partial charge in [0.15, 0.2) is 0 Å². The molecule has 0 radical (unpaired) electrons. The van der Waals surface area contributed by atoms with Gasteiger partial charge in [0, 0.05) is 18.2 Å². The molecule has 72 valence electrons. The Balaban J connectivity index is 2.88. The van der Waals surface area contributed by atoms with Crippen molar-refractivity contribution in [3.05, 3.63) is 24.0 Å². The third-order valence-corrected chi connectivity index (χ3v) is 1.31. The highest BCUT2D eigenvalue weighted by Gasteiger charge is 2.07. The number of methoxy groups -OCH3 is 1. The lowest BCUT2D eigenvalue weighted by Gasteiger charge is -2.06. The molecule has 0 aliphatic heterocycles. The summed E-state index contributed by atoms with van der Waals surface area (Å²) in [5.74, 6) is -0.808. The van der Waals surface area contributed by atoms with Crippen molar-refractivity contribution in [2.75, 3.05) is 7.11 Å². The SMILES string of the molecule is COc1cc(F)cc(OC(F)F)c1. The van der Waals surface area contributed by atoms with Crippen LogP contribution in [-0.2, 0) is 0 Å². The smallest absolute Gasteiger partial charge is 0.387 e. The van der Waals surface area contributed by atoms with Crippen LogP contribution in [0, 0.1) is 5.82 Å². The third-order valence-electron chi connectivity index (χ3n) is 1.31. The molecule has 0 saturated heterocycles. The van der Waals surface area contributed by atoms with Crippen LogP contribution < -0.4 is 9.47 Å². The molecule has 0 spiro atoms. The van der Waals surface area contributed by atoms with E-state index in [1.807, 2.05) is 0 Å². The summed E-state index contributed by atoms with van der Waals surface area (Å²) in [4.78, 5) is 0. The lowest BCUT2D eigenvalue weighted by molar-refractivity contribution is -0.0500. The molecule has 2 nitrogen and oxygen atoms in total. The standard InChI is InChI=1S/C8H7F3O2/c1-12-6-2-5(9)3-7(4-6)13-8(10)11/h2-4,8H,1H3. The molecule has 0 N–H and O–H groups in total. The predicted molar refractivity (Wildman–Crippen MR) is 39.6 cm³/mol. The topological polar surface area (TPSA) is 18.5 Å². The van der Waals surface area contributed by atoms with E-state index in [1.165, 1.54) is 13.2 Å². The zero-order valence-corrected chi connectivity index (χ0v) is 6.76. The molecular formula is C8H7F3O2. The molecule has 0 aliphatic carbocycles. The van der Waals surface area contributed by atoms with Gasteiger partial charge in [-0.25, -0.2) is 4.39 Å². The number of hydrogen-bond donors (Lipinski definition) is 0. The quantitative estimate of drug-likeness (QED) is 0.732. The summed E-state index contributed by atoms with van der Waals surface area (Å²) in [5.41, 5.74) is 0. The summed E-state index contributed by atoms with van der Waals surface area (Å²) in [6, 6.07) is 3.10. The number of benzene rings is 1. The lowest BCUT2D eigenvalue weighted by atomic mass is 10.3. The van der Waals surface area contributed by atoms with Crippen molar-refractivity contribution in [1.29, 1.82) is 0 Å². The van der Waals surface area contributed by atoms with E-state index in [-0.39, 0.29) is 11.5 Å². The molecule has 0 amide bonds. The molecule has 13 heavy (non-hydrogen) atoms. The van der Waals surface area contributed by atoms with Crippen molar-refractivity contribution < 1.29 is 22.6 Å². The van der Waals surface area contributed by atoms with E-state index in [9.17, 15) is 13.2 Å². The molecule has 0 aliphatic rings. The summed E-state index contributed by atoms with van der Waals surface area (Å²) in [5, 5.41) is 0. The summed E-state index contributed by atoms with van der Waals surface area (Å²) in [6.45, 7) is -2.97. The summed E-state index contributed by atoms with van der Waals surface area (Å²) >= 11 is 0. The van der Waals surface area contributed by atoms with Gasteiger partial charge in [-0.05, 0) is 0 Å². The van der Waals surface area contributed by atoms with Gasteiger partial charge >= 0.3 is 6.61 Å². The maximum Gasteiger partial charge on any atom is 0.387 e. The van der Waals surface area contributed by atoms with Crippen molar-refractivity contribution in [2.45, 2.75) is 6.61 Å². The summed E-state index contributed by atoms with van der Waals surface area (Å²) in [6.07, 6.45) is 0. The number of ether oxygens (including phenoxy) is 2. The number of halogens is 3. The molecule has 0 fully saturated rings. The van der Waals surface area contributed by atoms with Crippen molar-refractivity contribution in [3.63, 3.8) is 0 Å². The Kier molecular flexibility index (Phi) is 3.00. The van der Waals surface area contributed by atoms with Crippen LogP contribution in [0.15, 0.2) is 18.2 Å². The zero-order chi connectivity index (χ0) is 9.84. The Labute approximate surface area is 72.9 Å². The maximum atomic E-state index is 12.7. The van der Waals surface area contributed by atoms with E-state index in [4.69, 9.17) is 0 Å². The Bertz CT molecular complexity index is 289. The van der Waals surface area contributed by atoms with E-state index in [0.717, 1.165) is 12.1 Å². The Morgan fingerprint density at radius 1 is 1.15 bits per heavy atom. The zero-order valence-electron chi connectivity index (χ0n) is 6.76. The average molecular weight is 192 g/mol. The minimum absolute atomic E-state index is 0.135. The molecule has 1 aromatic carbocycles. The highest BCUT2D eigenvalue weighted by Crippen LogP contribution is 2.22. The van der Waals surface area contributed by atoms with Crippen LogP contribution in [0.25, 0.3) is 0 Å². The average Bonchev–Trinajstić information content (AvgIpc) is 2.01. The van der Waals surface area contributed by atoms with E-state index in [0.29, 0.717) is 0 Å². The first-order valence-corrected chi connectivity index (χ1v) is 3.41. The van der Waals surface area contributed by atoms with Gasteiger partial charge in [0.2, 0.25) is 0 Å². The molecule has 5 heteroatoms. The molecule has 0 heterocycles. The third kappa shape index (κ3) is 2.85. The van der Waals surface area contributed by atoms with Gasteiger partial charge in [-0.1, -0.05) is 0 Å². The molecule has 0 aromatic heterocycles. The van der Waals surface area contributed by atoms with Gasteiger partial charge in [-0.2, -0.15) is 8.78 Å². The van der Waals surface area contributed by atoms with E-state index in [1.54, 1.807) is 0 Å². The van der Waals surface area contributed by atoms with E-state index in [2.05, 4.69) is 9.47 Å². The van der Waals surface area contributed by atoms with Gasteiger partial charge in [0.1, 0.15) is 17.3 Å². The monoisotopic (exact) mass is 192 g/mol. The second kappa shape index (κ2) is 4.02. The fourth-order valence-corrected chi connectivity index (χ4v) is 0.826. The van der Waals surface area contributed by atoms with Crippen LogP contribution in [0.1, 0.15) is 0 Å². The molecular weight excluding hydrogens is 185 g/mol. The Morgan fingerprint density at radius 3 is 2.31 bits per heavy atom. The highest BCUT2D eigenvalue weighted by atomic mass is 19.3. The Morgan fingerprint density at radius 2 is 1.77 bits per heavy atom. The van der Waals surface area contributed by atoms with Crippen LogP contribution in [0.3, 0.4) is 0 Å². The largest absolute Gasteiger partial charge is 0.497 e. The van der Waals surface area contributed by atoms with Crippen molar-refractivity contribution in [3.8, 4) is 11.5 Å². The first-order valence-electron chi connectivity index (χ1n) is 3.41. The van der Waals surface area contributed by atoms with Crippen LogP contribution in [0.5, 0.6) is 11.5 Å². The number of hydrogen-bond acceptors (Lipinski definition) is 2. The number of rotatable bonds is 3. The first-order chi connectivity index (χ1) is 6.11. The molecule has 0 unspecified atom stereocenters. The maximum absolute atomic E-state index is 12.7. The normalized spacial score (nSPS) is 10.2. The van der Waals surface area contributed by atoms with Crippen LogP contribution in [0.2, 0.25) is 0 Å². The minimum atomic E-state index is -2.97. The van der Waals surface area contributed by atoms with E-state index >= 15 is 0 Å². The Hall–Kier alpha value is -1.39.